The minimum absolute atomic E-state index is 0.168. The third kappa shape index (κ3) is 2.07. The maximum Gasteiger partial charge on any atom is 0.0495 e. The Hall–Kier alpha value is -2.32. The Morgan fingerprint density at radius 3 is 2.28 bits per heavy atom. The number of rotatable bonds is 0. The van der Waals surface area contributed by atoms with E-state index in [0.29, 0.717) is 0 Å². The Bertz CT molecular complexity index is 1280. The van der Waals surface area contributed by atoms with E-state index in [2.05, 4.69) is 87.0 Å². The van der Waals surface area contributed by atoms with Gasteiger partial charge in [0.25, 0.3) is 0 Å². The van der Waals surface area contributed by atoms with Gasteiger partial charge in [0.15, 0.2) is 0 Å². The third-order valence-electron chi connectivity index (χ3n) is 5.37. The zero-order valence-electron chi connectivity index (χ0n) is 15.1. The number of nitrogens with zero attached hydrogens (tertiary/aromatic N) is 1. The molecule has 0 aliphatic carbocycles. The Kier molecular flexibility index (Phi) is 2.91. The molecule has 3 aromatic carbocycles. The van der Waals surface area contributed by atoms with Gasteiger partial charge in [0.1, 0.15) is 0 Å². The van der Waals surface area contributed by atoms with Crippen LogP contribution in [-0.4, -0.2) is 4.57 Å². The van der Waals surface area contributed by atoms with Crippen molar-refractivity contribution < 1.29 is 0 Å². The maximum atomic E-state index is 2.38. The number of aromatic nitrogens is 1. The Morgan fingerprint density at radius 2 is 1.48 bits per heavy atom. The average molecular weight is 343 g/mol. The summed E-state index contributed by atoms with van der Waals surface area (Å²) in [5.74, 6) is 0. The molecule has 2 heteroatoms. The van der Waals surface area contributed by atoms with E-state index in [4.69, 9.17) is 0 Å². The number of benzene rings is 3. The van der Waals surface area contributed by atoms with E-state index < -0.39 is 0 Å². The summed E-state index contributed by atoms with van der Waals surface area (Å²) in [6.07, 6.45) is 0. The minimum atomic E-state index is 0.168. The predicted molar refractivity (Wildman–Crippen MR) is 112 cm³/mol. The summed E-state index contributed by atoms with van der Waals surface area (Å²) in [5.41, 5.74) is 4.20. The van der Waals surface area contributed by atoms with Crippen LogP contribution in [0.25, 0.3) is 42.0 Å². The molecule has 0 bridgehead atoms. The smallest absolute Gasteiger partial charge is 0.0495 e. The Balaban J connectivity index is 1.92. The Morgan fingerprint density at radius 1 is 0.720 bits per heavy atom. The lowest BCUT2D eigenvalue weighted by molar-refractivity contribution is 0.591. The first-order valence-corrected chi connectivity index (χ1v) is 9.59. The molecule has 0 saturated carbocycles. The van der Waals surface area contributed by atoms with Crippen molar-refractivity contribution in [3.8, 4) is 0 Å². The van der Waals surface area contributed by atoms with E-state index >= 15 is 0 Å². The number of fused-ring (bicyclic) bond motifs is 6. The predicted octanol–water partition coefficient (Wildman–Crippen LogP) is 7.00. The van der Waals surface area contributed by atoms with E-state index in [1.54, 1.807) is 0 Å². The van der Waals surface area contributed by atoms with Crippen molar-refractivity contribution >= 4 is 53.3 Å². The molecule has 1 nitrogen and oxygen atoms in total. The SMILES string of the molecule is Cn1c2cc(C(C)(C)C)ccc2c2cc3sc4ccccc4c3cc21. The lowest BCUT2D eigenvalue weighted by atomic mass is 9.86. The maximum absolute atomic E-state index is 2.38. The molecule has 0 amide bonds. The van der Waals surface area contributed by atoms with Crippen molar-refractivity contribution in [1.82, 2.24) is 4.57 Å². The molecule has 0 saturated heterocycles. The van der Waals surface area contributed by atoms with E-state index in [0.717, 1.165) is 0 Å². The Labute approximate surface area is 151 Å². The minimum Gasteiger partial charge on any atom is -0.344 e. The molecule has 124 valence electrons. The van der Waals surface area contributed by atoms with Crippen LogP contribution >= 0.6 is 11.3 Å². The zero-order chi connectivity index (χ0) is 17.3. The fourth-order valence-electron chi connectivity index (χ4n) is 3.89. The van der Waals surface area contributed by atoms with Gasteiger partial charge in [-0.1, -0.05) is 51.1 Å². The van der Waals surface area contributed by atoms with Gasteiger partial charge in [-0.3, -0.25) is 0 Å². The first-order chi connectivity index (χ1) is 11.9. The molecular formula is C23H21NS. The van der Waals surface area contributed by atoms with Crippen molar-refractivity contribution in [2.24, 2.45) is 7.05 Å². The average Bonchev–Trinajstić information content (AvgIpc) is 3.08. The van der Waals surface area contributed by atoms with Crippen molar-refractivity contribution in [1.29, 1.82) is 0 Å². The molecule has 5 aromatic rings. The van der Waals surface area contributed by atoms with Gasteiger partial charge in [0, 0.05) is 49.0 Å². The number of thiophene rings is 1. The molecule has 0 atom stereocenters. The highest BCUT2D eigenvalue weighted by Gasteiger charge is 2.17. The molecule has 0 aliphatic heterocycles. The van der Waals surface area contributed by atoms with Gasteiger partial charge in [-0.05, 0) is 35.2 Å². The van der Waals surface area contributed by atoms with Gasteiger partial charge in [-0.2, -0.15) is 0 Å². The third-order valence-corrected chi connectivity index (χ3v) is 6.51. The first kappa shape index (κ1) is 15.0. The molecule has 0 N–H and O–H groups in total. The van der Waals surface area contributed by atoms with Crippen molar-refractivity contribution in [2.45, 2.75) is 26.2 Å². The monoisotopic (exact) mass is 343 g/mol. The molecular weight excluding hydrogens is 322 g/mol. The van der Waals surface area contributed by atoms with Crippen molar-refractivity contribution in [3.63, 3.8) is 0 Å². The highest BCUT2D eigenvalue weighted by atomic mass is 32.1. The summed E-state index contributed by atoms with van der Waals surface area (Å²) < 4.78 is 5.10. The number of hydrogen-bond acceptors (Lipinski definition) is 1. The normalized spacial score (nSPS) is 12.8. The van der Waals surface area contributed by atoms with Crippen LogP contribution in [0.15, 0.2) is 54.6 Å². The van der Waals surface area contributed by atoms with Gasteiger partial charge in [0.2, 0.25) is 0 Å². The van der Waals surface area contributed by atoms with Crippen LogP contribution in [0.5, 0.6) is 0 Å². The van der Waals surface area contributed by atoms with E-state index in [-0.39, 0.29) is 5.41 Å². The topological polar surface area (TPSA) is 4.93 Å². The molecule has 0 unspecified atom stereocenters. The highest BCUT2D eigenvalue weighted by Crippen LogP contribution is 2.39. The molecule has 25 heavy (non-hydrogen) atoms. The van der Waals surface area contributed by atoms with Crippen molar-refractivity contribution in [2.75, 3.05) is 0 Å². The lowest BCUT2D eigenvalue weighted by Gasteiger charge is -2.19. The van der Waals surface area contributed by atoms with Gasteiger partial charge in [-0.25, -0.2) is 0 Å². The summed E-state index contributed by atoms with van der Waals surface area (Å²) in [6.45, 7) is 6.83. The van der Waals surface area contributed by atoms with Gasteiger partial charge < -0.3 is 4.57 Å². The highest BCUT2D eigenvalue weighted by molar-refractivity contribution is 7.25. The fraction of sp³-hybridized carbons (Fsp3) is 0.217. The van der Waals surface area contributed by atoms with E-state index in [1.807, 2.05) is 11.3 Å². The van der Waals surface area contributed by atoms with Crippen molar-refractivity contribution in [3.05, 3.63) is 60.2 Å². The van der Waals surface area contributed by atoms with Crippen LogP contribution in [0.4, 0.5) is 0 Å². The lowest BCUT2D eigenvalue weighted by Crippen LogP contribution is -2.10. The van der Waals surface area contributed by atoms with E-state index in [9.17, 15) is 0 Å². The summed E-state index contributed by atoms with van der Waals surface area (Å²) in [6, 6.07) is 20.4. The van der Waals surface area contributed by atoms with Crippen LogP contribution in [0, 0.1) is 0 Å². The zero-order valence-corrected chi connectivity index (χ0v) is 15.9. The second kappa shape index (κ2) is 4.86. The molecule has 2 aromatic heterocycles. The van der Waals surface area contributed by atoms with Crippen LogP contribution in [0.2, 0.25) is 0 Å². The summed E-state index contributed by atoms with van der Waals surface area (Å²) in [4.78, 5) is 0. The first-order valence-electron chi connectivity index (χ1n) is 8.77. The molecule has 2 heterocycles. The van der Waals surface area contributed by atoms with Gasteiger partial charge in [0.05, 0.1) is 0 Å². The second-order valence-electron chi connectivity index (χ2n) is 8.00. The molecule has 0 radical (unpaired) electrons. The molecule has 5 rings (SSSR count). The molecule has 0 fully saturated rings. The summed E-state index contributed by atoms with van der Waals surface area (Å²) in [7, 11) is 2.19. The number of hydrogen-bond donors (Lipinski definition) is 0. The molecule has 0 aliphatic rings. The fourth-order valence-corrected chi connectivity index (χ4v) is 5.01. The van der Waals surface area contributed by atoms with E-state index in [1.165, 1.54) is 47.5 Å². The largest absolute Gasteiger partial charge is 0.344 e. The quantitative estimate of drug-likeness (QED) is 0.285. The summed E-state index contributed by atoms with van der Waals surface area (Å²) >= 11 is 1.89. The van der Waals surface area contributed by atoms with Gasteiger partial charge >= 0.3 is 0 Å². The summed E-state index contributed by atoms with van der Waals surface area (Å²) in [5, 5.41) is 5.45. The molecule has 0 spiro atoms. The van der Waals surface area contributed by atoms with Gasteiger partial charge in [-0.15, -0.1) is 11.3 Å². The van der Waals surface area contributed by atoms with Crippen LogP contribution in [-0.2, 0) is 12.5 Å². The van der Waals surface area contributed by atoms with Crippen LogP contribution in [0.1, 0.15) is 26.3 Å². The number of aryl methyl sites for hydroxylation is 1. The second-order valence-corrected chi connectivity index (χ2v) is 9.09. The van der Waals surface area contributed by atoms with Crippen LogP contribution in [0.3, 0.4) is 0 Å². The standard InChI is InChI=1S/C23H21NS/c1-23(2,3)14-9-10-15-17-13-22-18(12-20(17)24(4)19(15)11-14)16-7-5-6-8-21(16)25-22/h5-13H,1-4H3. The van der Waals surface area contributed by atoms with Crippen LogP contribution < -0.4 is 0 Å².